The number of benzene rings is 1. The number of carbonyl (C=O) groups is 1. The Morgan fingerprint density at radius 1 is 1.15 bits per heavy atom. The number of carbonyl (C=O) groups excluding carboxylic acids is 1. The van der Waals surface area contributed by atoms with Crippen molar-refractivity contribution in [2.75, 3.05) is 25.5 Å². The maximum Gasteiger partial charge on any atom is 0.255 e. The van der Waals surface area contributed by atoms with Gasteiger partial charge in [0.2, 0.25) is 0 Å². The van der Waals surface area contributed by atoms with Crippen LogP contribution in [0.1, 0.15) is 43.6 Å². The maximum absolute atomic E-state index is 12.8. The zero-order valence-corrected chi connectivity index (χ0v) is 13.7. The van der Waals surface area contributed by atoms with E-state index in [-0.39, 0.29) is 5.91 Å². The molecule has 3 heteroatoms. The molecule has 0 unspecified atom stereocenters. The lowest BCUT2D eigenvalue weighted by Crippen LogP contribution is -2.37. The standard InChI is InChI=1S/C17H28N2O/c1-12(2)10-19(11-13(3)4)17(20)15-9-14(5)7-8-16(15)18-6/h7-9,12-13,18H,10-11H2,1-6H3. The summed E-state index contributed by atoms with van der Waals surface area (Å²) in [5.74, 6) is 1.07. The second-order valence-corrected chi connectivity index (χ2v) is 6.30. The Morgan fingerprint density at radius 2 is 1.70 bits per heavy atom. The molecule has 112 valence electrons. The molecule has 0 aliphatic heterocycles. The minimum atomic E-state index is 0.125. The van der Waals surface area contributed by atoms with Crippen LogP contribution in [0.3, 0.4) is 0 Å². The van der Waals surface area contributed by atoms with Crippen LogP contribution in [0.4, 0.5) is 5.69 Å². The molecular formula is C17H28N2O. The minimum Gasteiger partial charge on any atom is -0.387 e. The molecule has 0 radical (unpaired) electrons. The highest BCUT2D eigenvalue weighted by Crippen LogP contribution is 2.20. The summed E-state index contributed by atoms with van der Waals surface area (Å²) in [6.07, 6.45) is 0. The lowest BCUT2D eigenvalue weighted by atomic mass is 10.1. The summed E-state index contributed by atoms with van der Waals surface area (Å²) >= 11 is 0. The fourth-order valence-corrected chi connectivity index (χ4v) is 2.35. The van der Waals surface area contributed by atoms with E-state index in [0.717, 1.165) is 29.9 Å². The fourth-order valence-electron chi connectivity index (χ4n) is 2.35. The first kappa shape index (κ1) is 16.5. The van der Waals surface area contributed by atoms with Gasteiger partial charge in [0, 0.05) is 25.8 Å². The predicted molar refractivity (Wildman–Crippen MR) is 86.3 cm³/mol. The average Bonchev–Trinajstić information content (AvgIpc) is 2.36. The SMILES string of the molecule is CNc1ccc(C)cc1C(=O)N(CC(C)C)CC(C)C. The van der Waals surface area contributed by atoms with Gasteiger partial charge in [0.05, 0.1) is 5.56 Å². The molecule has 1 amide bonds. The second kappa shape index (κ2) is 7.32. The van der Waals surface area contributed by atoms with E-state index in [2.05, 4.69) is 33.0 Å². The molecule has 1 aromatic carbocycles. The van der Waals surface area contributed by atoms with Crippen molar-refractivity contribution in [1.29, 1.82) is 0 Å². The number of hydrogen-bond acceptors (Lipinski definition) is 2. The van der Waals surface area contributed by atoms with Crippen LogP contribution in [0.5, 0.6) is 0 Å². The van der Waals surface area contributed by atoms with Crippen molar-refractivity contribution in [1.82, 2.24) is 4.90 Å². The lowest BCUT2D eigenvalue weighted by Gasteiger charge is -2.27. The Morgan fingerprint density at radius 3 is 2.15 bits per heavy atom. The van der Waals surface area contributed by atoms with Gasteiger partial charge in [-0.2, -0.15) is 0 Å². The monoisotopic (exact) mass is 276 g/mol. The van der Waals surface area contributed by atoms with Gasteiger partial charge in [0.1, 0.15) is 0 Å². The summed E-state index contributed by atoms with van der Waals surface area (Å²) < 4.78 is 0. The van der Waals surface area contributed by atoms with Crippen molar-refractivity contribution in [3.8, 4) is 0 Å². The molecule has 0 saturated heterocycles. The topological polar surface area (TPSA) is 32.3 Å². The lowest BCUT2D eigenvalue weighted by molar-refractivity contribution is 0.0716. The van der Waals surface area contributed by atoms with E-state index in [9.17, 15) is 4.79 Å². The molecule has 20 heavy (non-hydrogen) atoms. The van der Waals surface area contributed by atoms with Gasteiger partial charge >= 0.3 is 0 Å². The van der Waals surface area contributed by atoms with Gasteiger partial charge < -0.3 is 10.2 Å². The van der Waals surface area contributed by atoms with E-state index in [1.807, 2.05) is 37.1 Å². The van der Waals surface area contributed by atoms with Gasteiger partial charge in [-0.3, -0.25) is 4.79 Å². The van der Waals surface area contributed by atoms with E-state index in [0.29, 0.717) is 11.8 Å². The van der Waals surface area contributed by atoms with Gasteiger partial charge in [-0.25, -0.2) is 0 Å². The number of nitrogens with one attached hydrogen (secondary N) is 1. The molecule has 0 aliphatic rings. The van der Waals surface area contributed by atoms with Crippen molar-refractivity contribution < 1.29 is 4.79 Å². The highest BCUT2D eigenvalue weighted by atomic mass is 16.2. The van der Waals surface area contributed by atoms with Gasteiger partial charge in [-0.15, -0.1) is 0 Å². The number of hydrogen-bond donors (Lipinski definition) is 1. The maximum atomic E-state index is 12.8. The first-order valence-electron chi connectivity index (χ1n) is 7.42. The molecular weight excluding hydrogens is 248 g/mol. The average molecular weight is 276 g/mol. The second-order valence-electron chi connectivity index (χ2n) is 6.30. The predicted octanol–water partition coefficient (Wildman–Crippen LogP) is 3.79. The molecule has 0 aliphatic carbocycles. The molecule has 1 rings (SSSR count). The zero-order chi connectivity index (χ0) is 15.3. The van der Waals surface area contributed by atoms with Crippen LogP contribution in [-0.2, 0) is 0 Å². The highest BCUT2D eigenvalue weighted by molar-refractivity contribution is 5.99. The van der Waals surface area contributed by atoms with Crippen molar-refractivity contribution in [3.63, 3.8) is 0 Å². The quantitative estimate of drug-likeness (QED) is 0.857. The van der Waals surface area contributed by atoms with E-state index in [1.54, 1.807) is 0 Å². The van der Waals surface area contributed by atoms with Gasteiger partial charge in [-0.05, 0) is 30.9 Å². The number of nitrogens with zero attached hydrogens (tertiary/aromatic N) is 1. The van der Waals surface area contributed by atoms with E-state index < -0.39 is 0 Å². The van der Waals surface area contributed by atoms with Crippen molar-refractivity contribution in [2.45, 2.75) is 34.6 Å². The Bertz CT molecular complexity index is 442. The summed E-state index contributed by atoms with van der Waals surface area (Å²) in [5.41, 5.74) is 2.79. The number of aryl methyl sites for hydroxylation is 1. The van der Waals surface area contributed by atoms with Crippen LogP contribution in [0, 0.1) is 18.8 Å². The van der Waals surface area contributed by atoms with Crippen molar-refractivity contribution in [2.24, 2.45) is 11.8 Å². The van der Waals surface area contributed by atoms with Crippen LogP contribution in [-0.4, -0.2) is 30.9 Å². The van der Waals surface area contributed by atoms with Crippen LogP contribution in [0.15, 0.2) is 18.2 Å². The van der Waals surface area contributed by atoms with Gasteiger partial charge in [0.15, 0.2) is 0 Å². The van der Waals surface area contributed by atoms with Gasteiger partial charge in [0.25, 0.3) is 5.91 Å². The highest BCUT2D eigenvalue weighted by Gasteiger charge is 2.20. The summed E-state index contributed by atoms with van der Waals surface area (Å²) in [6.45, 7) is 12.2. The van der Waals surface area contributed by atoms with Crippen LogP contribution >= 0.6 is 0 Å². The van der Waals surface area contributed by atoms with E-state index >= 15 is 0 Å². The number of rotatable bonds is 6. The normalized spacial score (nSPS) is 11.0. The third-order valence-electron chi connectivity index (χ3n) is 3.13. The Labute approximate surface area is 123 Å². The van der Waals surface area contributed by atoms with Crippen LogP contribution < -0.4 is 5.32 Å². The minimum absolute atomic E-state index is 0.125. The Hall–Kier alpha value is -1.51. The molecule has 0 fully saturated rings. The number of amides is 1. The molecule has 3 nitrogen and oxygen atoms in total. The van der Waals surface area contributed by atoms with Crippen molar-refractivity contribution >= 4 is 11.6 Å². The molecule has 0 spiro atoms. The summed E-state index contributed by atoms with van der Waals surface area (Å²) in [5, 5.41) is 3.12. The van der Waals surface area contributed by atoms with Gasteiger partial charge in [-0.1, -0.05) is 39.3 Å². The van der Waals surface area contributed by atoms with Crippen molar-refractivity contribution in [3.05, 3.63) is 29.3 Å². The smallest absolute Gasteiger partial charge is 0.255 e. The molecule has 0 saturated carbocycles. The molecule has 0 atom stereocenters. The first-order chi connectivity index (χ1) is 9.35. The van der Waals surface area contributed by atoms with Crippen LogP contribution in [0.2, 0.25) is 0 Å². The summed E-state index contributed by atoms with van der Waals surface area (Å²) in [4.78, 5) is 14.8. The summed E-state index contributed by atoms with van der Waals surface area (Å²) in [7, 11) is 1.86. The zero-order valence-electron chi connectivity index (χ0n) is 13.7. The molecule has 1 N–H and O–H groups in total. The molecule has 0 bridgehead atoms. The number of anilines is 1. The van der Waals surface area contributed by atoms with E-state index in [1.165, 1.54) is 0 Å². The largest absolute Gasteiger partial charge is 0.387 e. The molecule has 1 aromatic rings. The molecule has 0 aromatic heterocycles. The third-order valence-corrected chi connectivity index (χ3v) is 3.13. The van der Waals surface area contributed by atoms with E-state index in [4.69, 9.17) is 0 Å². The van der Waals surface area contributed by atoms with Crippen LogP contribution in [0.25, 0.3) is 0 Å². The first-order valence-corrected chi connectivity index (χ1v) is 7.42. The third kappa shape index (κ3) is 4.55. The fraction of sp³-hybridized carbons (Fsp3) is 0.588. The molecule has 0 heterocycles. The summed E-state index contributed by atoms with van der Waals surface area (Å²) in [6, 6.07) is 5.98. The Kier molecular flexibility index (Phi) is 6.05. The Balaban J connectivity index is 3.07.